The van der Waals surface area contributed by atoms with Gasteiger partial charge < -0.3 is 10.6 Å². The molecule has 0 saturated heterocycles. The number of hydrogen-bond donors (Lipinski definition) is 2. The lowest BCUT2D eigenvalue weighted by Crippen LogP contribution is -2.44. The molecule has 0 heterocycles. The lowest BCUT2D eigenvalue weighted by molar-refractivity contribution is -0.139. The van der Waals surface area contributed by atoms with E-state index in [4.69, 9.17) is 0 Å². The number of benzene rings is 1. The molecule has 1 aromatic rings. The number of rotatable bonds is 5. The molecule has 0 spiro atoms. The fourth-order valence-corrected chi connectivity index (χ4v) is 1.35. The highest BCUT2D eigenvalue weighted by molar-refractivity contribution is 5.81. The summed E-state index contributed by atoms with van der Waals surface area (Å²) in [5.41, 5.74) is 0.374. The summed E-state index contributed by atoms with van der Waals surface area (Å²) in [6, 6.07) is 2.29. The van der Waals surface area contributed by atoms with Crippen molar-refractivity contribution >= 4 is 5.91 Å². The Labute approximate surface area is 112 Å². The zero-order chi connectivity index (χ0) is 15.3. The van der Waals surface area contributed by atoms with Crippen molar-refractivity contribution in [2.75, 3.05) is 6.54 Å². The zero-order valence-electron chi connectivity index (χ0n) is 10.5. The topological polar surface area (TPSA) is 41.1 Å². The fraction of sp³-hybridized carbons (Fsp3) is 0.417. The molecule has 1 aromatic carbocycles. The molecule has 8 heteroatoms. The van der Waals surface area contributed by atoms with Crippen LogP contribution < -0.4 is 10.6 Å². The summed E-state index contributed by atoms with van der Waals surface area (Å²) >= 11 is 0. The highest BCUT2D eigenvalue weighted by Gasteiger charge is 2.28. The van der Waals surface area contributed by atoms with E-state index in [9.17, 15) is 26.7 Å². The Morgan fingerprint density at radius 1 is 1.25 bits per heavy atom. The number of amides is 1. The molecule has 0 aromatic heterocycles. The molecule has 1 rings (SSSR count). The second-order valence-electron chi connectivity index (χ2n) is 4.18. The fourth-order valence-electron chi connectivity index (χ4n) is 1.35. The van der Waals surface area contributed by atoms with Gasteiger partial charge in [0.2, 0.25) is 5.91 Å². The second-order valence-corrected chi connectivity index (χ2v) is 4.18. The molecule has 0 bridgehead atoms. The zero-order valence-corrected chi connectivity index (χ0v) is 10.5. The van der Waals surface area contributed by atoms with Crippen molar-refractivity contribution in [1.29, 1.82) is 0 Å². The van der Waals surface area contributed by atoms with Gasteiger partial charge in [0, 0.05) is 6.54 Å². The third-order valence-corrected chi connectivity index (χ3v) is 2.45. The molecule has 0 aliphatic rings. The average molecular weight is 296 g/mol. The molecule has 0 aliphatic heterocycles. The lowest BCUT2D eigenvalue weighted by Gasteiger charge is -2.15. The number of hydrogen-bond acceptors (Lipinski definition) is 2. The van der Waals surface area contributed by atoms with Crippen molar-refractivity contribution in [2.24, 2.45) is 0 Å². The highest BCUT2D eigenvalue weighted by atomic mass is 19.4. The normalized spacial score (nSPS) is 13.1. The van der Waals surface area contributed by atoms with E-state index >= 15 is 0 Å². The Morgan fingerprint density at radius 3 is 2.45 bits per heavy atom. The van der Waals surface area contributed by atoms with E-state index in [0.717, 1.165) is 12.1 Å². The monoisotopic (exact) mass is 296 g/mol. The molecule has 0 saturated carbocycles. The van der Waals surface area contributed by atoms with Gasteiger partial charge in [-0.1, -0.05) is 6.07 Å². The predicted octanol–water partition coefficient (Wildman–Crippen LogP) is 2.12. The van der Waals surface area contributed by atoms with E-state index in [-0.39, 0.29) is 6.54 Å². The van der Waals surface area contributed by atoms with Crippen molar-refractivity contribution in [1.82, 2.24) is 10.6 Å². The van der Waals surface area contributed by atoms with Crippen LogP contribution in [0.5, 0.6) is 0 Å². The predicted molar refractivity (Wildman–Crippen MR) is 61.7 cm³/mol. The van der Waals surface area contributed by atoms with Crippen molar-refractivity contribution < 1.29 is 26.7 Å². The molecule has 2 N–H and O–H groups in total. The Kier molecular flexibility index (Phi) is 5.43. The smallest absolute Gasteiger partial charge is 0.346 e. The number of halogens is 5. The van der Waals surface area contributed by atoms with E-state index in [0.29, 0.717) is 5.56 Å². The van der Waals surface area contributed by atoms with Crippen molar-refractivity contribution in [3.63, 3.8) is 0 Å². The summed E-state index contributed by atoms with van der Waals surface area (Å²) in [7, 11) is 0. The first-order valence-corrected chi connectivity index (χ1v) is 5.71. The molecular weight excluding hydrogens is 283 g/mol. The summed E-state index contributed by atoms with van der Waals surface area (Å²) in [6.07, 6.45) is -4.48. The van der Waals surface area contributed by atoms with Gasteiger partial charge in [0.25, 0.3) is 0 Å². The molecule has 1 atom stereocenters. The first-order valence-electron chi connectivity index (χ1n) is 5.71. The third kappa shape index (κ3) is 5.52. The SMILES string of the molecule is CC(NCc1ccc(F)c(F)c1)C(=O)NCC(F)(F)F. The van der Waals surface area contributed by atoms with Gasteiger partial charge in [-0.05, 0) is 24.6 Å². The van der Waals surface area contributed by atoms with Crippen LogP contribution >= 0.6 is 0 Å². The minimum absolute atomic E-state index is 0.0256. The van der Waals surface area contributed by atoms with Crippen LogP contribution in [-0.2, 0) is 11.3 Å². The Bertz CT molecular complexity index is 475. The van der Waals surface area contributed by atoms with Gasteiger partial charge in [-0.3, -0.25) is 4.79 Å². The summed E-state index contributed by atoms with van der Waals surface area (Å²) in [6.45, 7) is -0.0214. The molecule has 20 heavy (non-hydrogen) atoms. The van der Waals surface area contributed by atoms with E-state index in [1.165, 1.54) is 13.0 Å². The minimum atomic E-state index is -4.48. The quantitative estimate of drug-likeness (QED) is 0.817. The molecular formula is C12H13F5N2O. The van der Waals surface area contributed by atoms with Gasteiger partial charge in [0.05, 0.1) is 6.04 Å². The Hall–Kier alpha value is -1.70. The Balaban J connectivity index is 2.44. The maximum Gasteiger partial charge on any atom is 0.405 e. The number of carbonyl (C=O) groups is 1. The van der Waals surface area contributed by atoms with Gasteiger partial charge in [-0.15, -0.1) is 0 Å². The largest absolute Gasteiger partial charge is 0.405 e. The van der Waals surface area contributed by atoms with Gasteiger partial charge >= 0.3 is 6.18 Å². The molecule has 112 valence electrons. The second kappa shape index (κ2) is 6.65. The molecule has 0 aliphatic carbocycles. The van der Waals surface area contributed by atoms with Crippen LogP contribution in [0.3, 0.4) is 0 Å². The molecule has 0 radical (unpaired) electrons. The maximum absolute atomic E-state index is 12.9. The third-order valence-electron chi connectivity index (χ3n) is 2.45. The van der Waals surface area contributed by atoms with E-state index in [1.54, 1.807) is 5.32 Å². The van der Waals surface area contributed by atoms with Crippen LogP contribution in [0.25, 0.3) is 0 Å². The molecule has 3 nitrogen and oxygen atoms in total. The summed E-state index contributed by atoms with van der Waals surface area (Å²) < 4.78 is 61.3. The van der Waals surface area contributed by atoms with Crippen LogP contribution in [0, 0.1) is 11.6 Å². The van der Waals surface area contributed by atoms with Gasteiger partial charge in [0.1, 0.15) is 6.54 Å². The minimum Gasteiger partial charge on any atom is -0.346 e. The molecule has 1 unspecified atom stereocenters. The standard InChI is InChI=1S/C12H13F5N2O/c1-7(11(20)19-6-12(15,16)17)18-5-8-2-3-9(13)10(14)4-8/h2-4,7,18H,5-6H2,1H3,(H,19,20). The molecule has 0 fully saturated rings. The van der Waals surface area contributed by atoms with Crippen LogP contribution in [0.4, 0.5) is 22.0 Å². The van der Waals surface area contributed by atoms with Gasteiger partial charge in [-0.2, -0.15) is 13.2 Å². The van der Waals surface area contributed by atoms with Crippen LogP contribution in [0.2, 0.25) is 0 Å². The van der Waals surface area contributed by atoms with Crippen molar-refractivity contribution in [2.45, 2.75) is 25.7 Å². The highest BCUT2D eigenvalue weighted by Crippen LogP contribution is 2.12. The summed E-state index contributed by atoms with van der Waals surface area (Å²) in [4.78, 5) is 11.3. The first kappa shape index (κ1) is 16.4. The summed E-state index contributed by atoms with van der Waals surface area (Å²) in [5, 5.41) is 4.33. The average Bonchev–Trinajstić information content (AvgIpc) is 2.36. The van der Waals surface area contributed by atoms with Crippen LogP contribution in [-0.4, -0.2) is 24.7 Å². The van der Waals surface area contributed by atoms with Crippen molar-refractivity contribution in [3.8, 4) is 0 Å². The number of nitrogens with one attached hydrogen (secondary N) is 2. The van der Waals surface area contributed by atoms with E-state index < -0.39 is 36.3 Å². The van der Waals surface area contributed by atoms with Crippen molar-refractivity contribution in [3.05, 3.63) is 35.4 Å². The summed E-state index contributed by atoms with van der Waals surface area (Å²) in [5.74, 6) is -2.85. The number of carbonyl (C=O) groups excluding carboxylic acids is 1. The lowest BCUT2D eigenvalue weighted by atomic mass is 10.2. The van der Waals surface area contributed by atoms with E-state index in [1.807, 2.05) is 0 Å². The first-order chi connectivity index (χ1) is 9.19. The Morgan fingerprint density at radius 2 is 1.90 bits per heavy atom. The van der Waals surface area contributed by atoms with Gasteiger partial charge in [-0.25, -0.2) is 8.78 Å². The van der Waals surface area contributed by atoms with E-state index in [2.05, 4.69) is 5.32 Å². The van der Waals surface area contributed by atoms with Crippen LogP contribution in [0.15, 0.2) is 18.2 Å². The van der Waals surface area contributed by atoms with Crippen LogP contribution in [0.1, 0.15) is 12.5 Å². The maximum atomic E-state index is 12.9. The van der Waals surface area contributed by atoms with Gasteiger partial charge in [0.15, 0.2) is 11.6 Å². The number of alkyl halides is 3. The molecule has 1 amide bonds.